The first-order valence-electron chi connectivity index (χ1n) is 9.21. The first kappa shape index (κ1) is 14.0. The van der Waals surface area contributed by atoms with E-state index in [1.807, 2.05) is 0 Å². The summed E-state index contributed by atoms with van der Waals surface area (Å²) in [5, 5.41) is 3.54. The van der Waals surface area contributed by atoms with Crippen molar-refractivity contribution >= 4 is 5.91 Å². The van der Waals surface area contributed by atoms with Crippen molar-refractivity contribution in [1.82, 2.24) is 10.2 Å². The Hall–Kier alpha value is -0.570. The van der Waals surface area contributed by atoms with Crippen LogP contribution in [0.2, 0.25) is 0 Å². The number of carbonyl (C=O) groups excluding carboxylic acids is 1. The van der Waals surface area contributed by atoms with Gasteiger partial charge in [-0.1, -0.05) is 6.92 Å². The number of carbonyl (C=O) groups is 1. The molecule has 4 saturated carbocycles. The number of rotatable bonds is 3. The number of amides is 1. The summed E-state index contributed by atoms with van der Waals surface area (Å²) in [6, 6.07) is 0.635. The van der Waals surface area contributed by atoms with E-state index >= 15 is 0 Å². The Balaban J connectivity index is 1.43. The van der Waals surface area contributed by atoms with E-state index in [0.717, 1.165) is 50.2 Å². The van der Waals surface area contributed by atoms with Gasteiger partial charge in [-0.15, -0.1) is 0 Å². The van der Waals surface area contributed by atoms with Crippen LogP contribution in [0, 0.1) is 23.2 Å². The first-order chi connectivity index (χ1) is 10.2. The maximum atomic E-state index is 13.2. The molecule has 21 heavy (non-hydrogen) atoms. The van der Waals surface area contributed by atoms with Crippen molar-refractivity contribution in [2.24, 2.45) is 23.2 Å². The van der Waals surface area contributed by atoms with Gasteiger partial charge in [-0.2, -0.15) is 0 Å². The van der Waals surface area contributed by atoms with Crippen LogP contribution in [-0.4, -0.2) is 36.5 Å². The summed E-state index contributed by atoms with van der Waals surface area (Å²) in [5.74, 6) is 3.16. The normalized spacial score (nSPS) is 42.5. The standard InChI is InChI=1S/C18H30N2O/c1-2-19-16-3-5-20(6-4-16)17(21)18-10-13-7-14(11-18)9-15(8-13)12-18/h13-16,19H,2-12H2,1H3. The Labute approximate surface area is 128 Å². The van der Waals surface area contributed by atoms with Gasteiger partial charge in [0.2, 0.25) is 5.91 Å². The van der Waals surface area contributed by atoms with Crippen molar-refractivity contribution in [2.45, 2.75) is 64.3 Å². The molecule has 1 amide bonds. The second-order valence-electron chi connectivity index (χ2n) is 8.32. The number of hydrogen-bond donors (Lipinski definition) is 1. The van der Waals surface area contributed by atoms with E-state index in [4.69, 9.17) is 0 Å². The second-order valence-corrected chi connectivity index (χ2v) is 8.32. The molecular weight excluding hydrogens is 260 g/mol. The maximum Gasteiger partial charge on any atom is 0.228 e. The Morgan fingerprint density at radius 3 is 2.05 bits per heavy atom. The van der Waals surface area contributed by atoms with Crippen LogP contribution in [0.5, 0.6) is 0 Å². The van der Waals surface area contributed by atoms with Gasteiger partial charge in [0.25, 0.3) is 0 Å². The molecule has 5 rings (SSSR count). The molecule has 1 N–H and O–H groups in total. The summed E-state index contributed by atoms with van der Waals surface area (Å²) < 4.78 is 0. The van der Waals surface area contributed by atoms with Crippen molar-refractivity contribution < 1.29 is 4.79 Å². The summed E-state index contributed by atoms with van der Waals surface area (Å²) in [7, 11) is 0. The maximum absolute atomic E-state index is 13.2. The Morgan fingerprint density at radius 1 is 1.05 bits per heavy atom. The highest BCUT2D eigenvalue weighted by Gasteiger charge is 2.55. The fraction of sp³-hybridized carbons (Fsp3) is 0.944. The van der Waals surface area contributed by atoms with Crippen LogP contribution in [0.4, 0.5) is 0 Å². The zero-order valence-electron chi connectivity index (χ0n) is 13.4. The van der Waals surface area contributed by atoms with Crippen molar-refractivity contribution in [3.63, 3.8) is 0 Å². The molecule has 0 spiro atoms. The molecule has 0 atom stereocenters. The van der Waals surface area contributed by atoms with Gasteiger partial charge in [0.1, 0.15) is 0 Å². The molecule has 0 unspecified atom stereocenters. The molecule has 1 saturated heterocycles. The highest BCUT2D eigenvalue weighted by atomic mass is 16.2. The average molecular weight is 290 g/mol. The van der Waals surface area contributed by atoms with Gasteiger partial charge in [0, 0.05) is 19.1 Å². The third-order valence-corrected chi connectivity index (χ3v) is 6.77. The van der Waals surface area contributed by atoms with Gasteiger partial charge in [0.15, 0.2) is 0 Å². The van der Waals surface area contributed by atoms with Crippen LogP contribution < -0.4 is 5.32 Å². The fourth-order valence-electron chi connectivity index (χ4n) is 6.28. The summed E-state index contributed by atoms with van der Waals surface area (Å²) in [6.07, 6.45) is 10.2. The number of hydrogen-bond acceptors (Lipinski definition) is 2. The quantitative estimate of drug-likeness (QED) is 0.867. The largest absolute Gasteiger partial charge is 0.342 e. The fourth-order valence-corrected chi connectivity index (χ4v) is 6.28. The molecule has 118 valence electrons. The molecule has 4 bridgehead atoms. The lowest BCUT2D eigenvalue weighted by Gasteiger charge is -2.57. The molecule has 3 heteroatoms. The minimum absolute atomic E-state index is 0.0692. The van der Waals surface area contributed by atoms with Crippen LogP contribution in [0.25, 0.3) is 0 Å². The smallest absolute Gasteiger partial charge is 0.228 e. The van der Waals surface area contributed by atoms with E-state index in [1.165, 1.54) is 38.5 Å². The van der Waals surface area contributed by atoms with Crippen LogP contribution in [0.1, 0.15) is 58.3 Å². The molecule has 5 aliphatic rings. The monoisotopic (exact) mass is 290 g/mol. The zero-order valence-corrected chi connectivity index (χ0v) is 13.4. The number of likely N-dealkylation sites (tertiary alicyclic amines) is 1. The van der Waals surface area contributed by atoms with E-state index in [2.05, 4.69) is 17.1 Å². The number of piperidine rings is 1. The summed E-state index contributed by atoms with van der Waals surface area (Å²) in [4.78, 5) is 15.4. The molecule has 0 aromatic heterocycles. The van der Waals surface area contributed by atoms with Gasteiger partial charge in [0.05, 0.1) is 5.41 Å². The molecule has 0 aromatic carbocycles. The van der Waals surface area contributed by atoms with Crippen molar-refractivity contribution in [2.75, 3.05) is 19.6 Å². The minimum atomic E-state index is 0.0692. The Kier molecular flexibility index (Phi) is 3.52. The summed E-state index contributed by atoms with van der Waals surface area (Å²) >= 11 is 0. The molecule has 0 aromatic rings. The Bertz CT molecular complexity index is 376. The molecule has 4 aliphatic carbocycles. The SMILES string of the molecule is CCNC1CCN(C(=O)C23CC4CC(CC(C4)C2)C3)CC1. The predicted molar refractivity (Wildman–Crippen MR) is 83.9 cm³/mol. The topological polar surface area (TPSA) is 32.3 Å². The van der Waals surface area contributed by atoms with E-state index < -0.39 is 0 Å². The third kappa shape index (κ3) is 2.42. The van der Waals surface area contributed by atoms with E-state index in [0.29, 0.717) is 11.9 Å². The number of nitrogens with one attached hydrogen (secondary N) is 1. The second kappa shape index (κ2) is 5.26. The predicted octanol–water partition coefficient (Wildman–Crippen LogP) is 2.80. The van der Waals surface area contributed by atoms with Crippen molar-refractivity contribution in [3.8, 4) is 0 Å². The van der Waals surface area contributed by atoms with Crippen LogP contribution in [0.3, 0.4) is 0 Å². The third-order valence-electron chi connectivity index (χ3n) is 6.77. The molecule has 3 nitrogen and oxygen atoms in total. The summed E-state index contributed by atoms with van der Waals surface area (Å²) in [5.41, 5.74) is 0.0692. The van der Waals surface area contributed by atoms with Gasteiger partial charge in [-0.25, -0.2) is 0 Å². The molecule has 0 radical (unpaired) electrons. The first-order valence-corrected chi connectivity index (χ1v) is 9.21. The lowest BCUT2D eigenvalue weighted by atomic mass is 9.49. The number of nitrogens with zero attached hydrogens (tertiary/aromatic N) is 1. The van der Waals surface area contributed by atoms with Crippen LogP contribution in [0.15, 0.2) is 0 Å². The molecule has 1 heterocycles. The molecule has 5 fully saturated rings. The molecular formula is C18H30N2O. The van der Waals surface area contributed by atoms with Crippen LogP contribution >= 0.6 is 0 Å². The van der Waals surface area contributed by atoms with Crippen molar-refractivity contribution in [1.29, 1.82) is 0 Å². The van der Waals surface area contributed by atoms with E-state index in [-0.39, 0.29) is 5.41 Å². The lowest BCUT2D eigenvalue weighted by molar-refractivity contribution is -0.158. The summed E-state index contributed by atoms with van der Waals surface area (Å²) in [6.45, 7) is 5.19. The van der Waals surface area contributed by atoms with Gasteiger partial charge in [-0.3, -0.25) is 4.79 Å². The lowest BCUT2D eigenvalue weighted by Crippen LogP contribution is -2.56. The zero-order chi connectivity index (χ0) is 14.4. The van der Waals surface area contributed by atoms with E-state index in [9.17, 15) is 4.79 Å². The van der Waals surface area contributed by atoms with Gasteiger partial charge >= 0.3 is 0 Å². The highest BCUT2D eigenvalue weighted by molar-refractivity contribution is 5.83. The van der Waals surface area contributed by atoms with Gasteiger partial charge < -0.3 is 10.2 Å². The highest BCUT2D eigenvalue weighted by Crippen LogP contribution is 2.60. The molecule has 1 aliphatic heterocycles. The Morgan fingerprint density at radius 2 is 1.57 bits per heavy atom. The van der Waals surface area contributed by atoms with Crippen LogP contribution in [-0.2, 0) is 4.79 Å². The van der Waals surface area contributed by atoms with E-state index in [1.54, 1.807) is 0 Å². The average Bonchev–Trinajstić information content (AvgIpc) is 2.46. The minimum Gasteiger partial charge on any atom is -0.342 e. The van der Waals surface area contributed by atoms with Gasteiger partial charge in [-0.05, 0) is 75.7 Å². The van der Waals surface area contributed by atoms with Crippen molar-refractivity contribution in [3.05, 3.63) is 0 Å².